The first-order chi connectivity index (χ1) is 15.4. The van der Waals surface area contributed by atoms with Crippen LogP contribution in [0.5, 0.6) is 0 Å². The fraction of sp³-hybridized carbons (Fsp3) is 1.00. The Labute approximate surface area is 216 Å². The van der Waals surface area contributed by atoms with Crippen molar-refractivity contribution in [2.45, 2.75) is 147 Å². The molecule has 4 saturated carbocycles. The first-order valence-corrected chi connectivity index (χ1v) is 15.4. The first-order valence-electron chi connectivity index (χ1n) is 15.4. The van der Waals surface area contributed by atoms with Gasteiger partial charge in [-0.15, -0.1) is 0 Å². The number of rotatable bonds is 2. The minimum Gasteiger partial charge on any atom is -0.0625 e. The lowest BCUT2D eigenvalue weighted by atomic mass is 9.55. The van der Waals surface area contributed by atoms with E-state index >= 15 is 0 Å². The molecule has 0 aliphatic heterocycles. The molecule has 0 aromatic heterocycles. The molecule has 0 radical (unpaired) electrons. The molecule has 0 heteroatoms. The van der Waals surface area contributed by atoms with Crippen molar-refractivity contribution in [1.29, 1.82) is 0 Å². The van der Waals surface area contributed by atoms with Crippen LogP contribution in [0.3, 0.4) is 0 Å². The van der Waals surface area contributed by atoms with Crippen molar-refractivity contribution in [2.75, 3.05) is 0 Å². The molecule has 4 rings (SSSR count). The van der Waals surface area contributed by atoms with Gasteiger partial charge in [-0.05, 0) is 127 Å². The summed E-state index contributed by atoms with van der Waals surface area (Å²) in [5.74, 6) is 7.75. The highest BCUT2D eigenvalue weighted by Gasteiger charge is 2.49. The van der Waals surface area contributed by atoms with Gasteiger partial charge in [0.1, 0.15) is 0 Å². The minimum absolute atomic E-state index is 0.579. The largest absolute Gasteiger partial charge is 0.0625 e. The third kappa shape index (κ3) is 6.85. The fourth-order valence-corrected chi connectivity index (χ4v) is 10.7. The third-order valence-electron chi connectivity index (χ3n) is 11.3. The Hall–Kier alpha value is 0. The van der Waals surface area contributed by atoms with E-state index in [9.17, 15) is 0 Å². The standard InChI is InChI=1S/C18H34.C16H30/c1-13-7-8-16(18(5,6)11-13)15-9-14(2)10-17(3,4)12-15;1-11-7-14(16(5,6)8-11)13-10-15(3,4)9-12(13)2/h13-16H,7-12H2,1-6H3;11-14H,7-10H2,1-6H3. The van der Waals surface area contributed by atoms with Crippen molar-refractivity contribution in [2.24, 2.45) is 69.0 Å². The van der Waals surface area contributed by atoms with Crippen LogP contribution < -0.4 is 0 Å². The summed E-state index contributed by atoms with van der Waals surface area (Å²) in [5, 5.41) is 0. The first kappa shape index (κ1) is 28.6. The van der Waals surface area contributed by atoms with Gasteiger partial charge in [0.2, 0.25) is 0 Å². The maximum atomic E-state index is 2.54. The summed E-state index contributed by atoms with van der Waals surface area (Å²) in [6.07, 6.45) is 14.6. The van der Waals surface area contributed by atoms with Crippen LogP contribution in [0.25, 0.3) is 0 Å². The lowest BCUT2D eigenvalue weighted by Crippen LogP contribution is -2.41. The summed E-state index contributed by atoms with van der Waals surface area (Å²) in [7, 11) is 0. The number of hydrogen-bond donors (Lipinski definition) is 0. The quantitative estimate of drug-likeness (QED) is 0.375. The minimum atomic E-state index is 0.579. The number of hydrogen-bond acceptors (Lipinski definition) is 0. The highest BCUT2D eigenvalue weighted by atomic mass is 14.5. The Kier molecular flexibility index (Phi) is 8.44. The maximum absolute atomic E-state index is 2.54. The van der Waals surface area contributed by atoms with E-state index in [1.54, 1.807) is 0 Å². The second-order valence-electron chi connectivity index (χ2n) is 17.5. The zero-order chi connectivity index (χ0) is 25.7. The van der Waals surface area contributed by atoms with Crippen LogP contribution >= 0.6 is 0 Å². The molecule has 0 aromatic rings. The van der Waals surface area contributed by atoms with Gasteiger partial charge in [0.25, 0.3) is 0 Å². The highest BCUT2D eigenvalue weighted by molar-refractivity contribution is 4.98. The molecule has 0 saturated heterocycles. The van der Waals surface area contributed by atoms with Gasteiger partial charge in [0, 0.05) is 0 Å². The molecule has 4 aliphatic carbocycles. The van der Waals surface area contributed by atoms with Gasteiger partial charge in [-0.25, -0.2) is 0 Å². The van der Waals surface area contributed by atoms with Gasteiger partial charge in [-0.2, -0.15) is 0 Å². The van der Waals surface area contributed by atoms with Crippen LogP contribution in [0, 0.1) is 69.0 Å². The molecule has 0 spiro atoms. The summed E-state index contributed by atoms with van der Waals surface area (Å²) >= 11 is 0. The molecule has 0 bridgehead atoms. The smallest absolute Gasteiger partial charge is 0.0321 e. The van der Waals surface area contributed by atoms with E-state index in [2.05, 4.69) is 83.1 Å². The Balaban J connectivity index is 0.000000192. The van der Waals surface area contributed by atoms with Gasteiger partial charge >= 0.3 is 0 Å². The van der Waals surface area contributed by atoms with Crippen LogP contribution in [-0.2, 0) is 0 Å². The molecule has 0 amide bonds. The average Bonchev–Trinajstić information content (AvgIpc) is 3.04. The van der Waals surface area contributed by atoms with Crippen molar-refractivity contribution in [3.8, 4) is 0 Å². The van der Waals surface area contributed by atoms with E-state index in [4.69, 9.17) is 0 Å². The molecule has 4 fully saturated rings. The topological polar surface area (TPSA) is 0 Å². The molecule has 0 aromatic carbocycles. The average molecular weight is 473 g/mol. The Bertz CT molecular complexity index is 664. The fourth-order valence-electron chi connectivity index (χ4n) is 10.7. The molecule has 0 heterocycles. The lowest BCUT2D eigenvalue weighted by Gasteiger charge is -2.50. The van der Waals surface area contributed by atoms with Crippen LogP contribution in [0.2, 0.25) is 0 Å². The molecule has 0 nitrogen and oxygen atoms in total. The van der Waals surface area contributed by atoms with Crippen LogP contribution in [0.15, 0.2) is 0 Å². The second-order valence-corrected chi connectivity index (χ2v) is 17.5. The molecule has 8 atom stereocenters. The van der Waals surface area contributed by atoms with Crippen LogP contribution in [0.4, 0.5) is 0 Å². The van der Waals surface area contributed by atoms with Gasteiger partial charge in [-0.1, -0.05) is 89.5 Å². The van der Waals surface area contributed by atoms with Crippen molar-refractivity contribution in [1.82, 2.24) is 0 Å². The van der Waals surface area contributed by atoms with Crippen molar-refractivity contribution in [3.05, 3.63) is 0 Å². The van der Waals surface area contributed by atoms with Crippen molar-refractivity contribution < 1.29 is 0 Å². The van der Waals surface area contributed by atoms with E-state index in [1.807, 2.05) is 0 Å². The molecular formula is C34H64. The summed E-state index contributed by atoms with van der Waals surface area (Å²) in [4.78, 5) is 0. The van der Waals surface area contributed by atoms with Gasteiger partial charge in [0.15, 0.2) is 0 Å². The van der Waals surface area contributed by atoms with Crippen LogP contribution in [-0.4, -0.2) is 0 Å². The van der Waals surface area contributed by atoms with Crippen molar-refractivity contribution >= 4 is 0 Å². The molecular weight excluding hydrogens is 408 g/mol. The zero-order valence-electron chi connectivity index (χ0n) is 25.7. The molecule has 0 N–H and O–H groups in total. The Morgan fingerprint density at radius 1 is 0.471 bits per heavy atom. The molecule has 200 valence electrons. The highest BCUT2D eigenvalue weighted by Crippen LogP contribution is 2.58. The predicted octanol–water partition coefficient (Wildman–Crippen LogP) is 11.0. The maximum Gasteiger partial charge on any atom is -0.0321 e. The summed E-state index contributed by atoms with van der Waals surface area (Å²) < 4.78 is 0. The normalized spacial score (nSPS) is 44.8. The monoisotopic (exact) mass is 473 g/mol. The zero-order valence-corrected chi connectivity index (χ0v) is 25.7. The van der Waals surface area contributed by atoms with E-state index in [-0.39, 0.29) is 0 Å². The van der Waals surface area contributed by atoms with Crippen molar-refractivity contribution in [3.63, 3.8) is 0 Å². The Morgan fingerprint density at radius 2 is 1.00 bits per heavy atom. The van der Waals surface area contributed by atoms with E-state index < -0.39 is 0 Å². The van der Waals surface area contributed by atoms with Gasteiger partial charge < -0.3 is 0 Å². The second kappa shape index (κ2) is 10.0. The van der Waals surface area contributed by atoms with E-state index in [1.165, 1.54) is 64.2 Å². The molecule has 4 aliphatic rings. The third-order valence-corrected chi connectivity index (χ3v) is 11.3. The SMILES string of the molecule is CC1CC(C2CC(C)(C)CC2C)C(C)(C)C1.CC1CC(C2CCC(C)CC2(C)C)CC(C)(C)C1. The van der Waals surface area contributed by atoms with Gasteiger partial charge in [0.05, 0.1) is 0 Å². The molecule has 34 heavy (non-hydrogen) atoms. The summed E-state index contributed by atoms with van der Waals surface area (Å²) in [6.45, 7) is 29.9. The predicted molar refractivity (Wildman–Crippen MR) is 152 cm³/mol. The van der Waals surface area contributed by atoms with E-state index in [0.29, 0.717) is 21.7 Å². The Morgan fingerprint density at radius 3 is 1.47 bits per heavy atom. The van der Waals surface area contributed by atoms with Gasteiger partial charge in [-0.3, -0.25) is 0 Å². The van der Waals surface area contributed by atoms with Crippen LogP contribution in [0.1, 0.15) is 147 Å². The summed E-state index contributed by atoms with van der Waals surface area (Å²) in [6, 6.07) is 0. The van der Waals surface area contributed by atoms with E-state index in [0.717, 1.165) is 47.3 Å². The summed E-state index contributed by atoms with van der Waals surface area (Å²) in [5.41, 5.74) is 2.36. The lowest BCUT2D eigenvalue weighted by molar-refractivity contribution is -0.000104. The molecule has 8 unspecified atom stereocenters.